The van der Waals surface area contributed by atoms with Crippen LogP contribution >= 0.6 is 0 Å². The van der Waals surface area contributed by atoms with Crippen LogP contribution in [0.2, 0.25) is 0 Å². The summed E-state index contributed by atoms with van der Waals surface area (Å²) in [5, 5.41) is 8.76. The first kappa shape index (κ1) is 18.3. The number of ether oxygens (including phenoxy) is 1. The lowest BCUT2D eigenvalue weighted by atomic mass is 10.0. The molecule has 130 valence electrons. The molecule has 1 aliphatic rings. The Hall–Kier alpha value is -2.01. The van der Waals surface area contributed by atoms with Crippen molar-refractivity contribution in [2.75, 3.05) is 0 Å². The third kappa shape index (κ3) is 4.29. The van der Waals surface area contributed by atoms with Gasteiger partial charge in [0, 0.05) is 5.57 Å². The lowest BCUT2D eigenvalue weighted by Crippen LogP contribution is -2.15. The molecular formula is C16H13F6NO. The Morgan fingerprint density at radius 1 is 1.08 bits per heavy atom. The molecule has 0 heterocycles. The van der Waals surface area contributed by atoms with Crippen LogP contribution in [0.1, 0.15) is 42.6 Å². The van der Waals surface area contributed by atoms with E-state index < -0.39 is 35.7 Å². The van der Waals surface area contributed by atoms with E-state index in [1.807, 2.05) is 6.07 Å². The maximum absolute atomic E-state index is 12.8. The van der Waals surface area contributed by atoms with Crippen LogP contribution in [-0.2, 0) is 17.1 Å². The summed E-state index contributed by atoms with van der Waals surface area (Å²) in [6, 6.07) is 3.34. The number of rotatable bonds is 3. The van der Waals surface area contributed by atoms with Crippen molar-refractivity contribution < 1.29 is 31.1 Å². The van der Waals surface area contributed by atoms with Gasteiger partial charge in [0.05, 0.1) is 29.4 Å². The van der Waals surface area contributed by atoms with E-state index in [0.717, 1.165) is 0 Å². The van der Waals surface area contributed by atoms with Crippen molar-refractivity contribution in [2.24, 2.45) is 0 Å². The van der Waals surface area contributed by atoms with Crippen molar-refractivity contribution in [1.29, 1.82) is 5.26 Å². The van der Waals surface area contributed by atoms with Crippen molar-refractivity contribution in [2.45, 2.75) is 44.3 Å². The largest absolute Gasteiger partial charge is 0.416 e. The Labute approximate surface area is 134 Å². The number of nitrogens with zero attached hydrogens (tertiary/aromatic N) is 1. The van der Waals surface area contributed by atoms with E-state index in [9.17, 15) is 26.3 Å². The Morgan fingerprint density at radius 2 is 1.62 bits per heavy atom. The van der Waals surface area contributed by atoms with Gasteiger partial charge in [-0.25, -0.2) is 0 Å². The second-order valence-electron chi connectivity index (χ2n) is 5.50. The number of alkyl halides is 6. The summed E-state index contributed by atoms with van der Waals surface area (Å²) in [6.45, 7) is 1.38. The van der Waals surface area contributed by atoms with Crippen molar-refractivity contribution in [3.05, 3.63) is 46.5 Å². The summed E-state index contributed by atoms with van der Waals surface area (Å²) in [4.78, 5) is 0. The molecule has 0 N–H and O–H groups in total. The number of halogens is 6. The smallest absolute Gasteiger partial charge is 0.366 e. The van der Waals surface area contributed by atoms with E-state index >= 15 is 0 Å². The zero-order chi connectivity index (χ0) is 18.1. The predicted octanol–water partition coefficient (Wildman–Crippen LogP) is 5.41. The maximum Gasteiger partial charge on any atom is 0.416 e. The van der Waals surface area contributed by atoms with Crippen molar-refractivity contribution in [3.63, 3.8) is 0 Å². The maximum atomic E-state index is 12.8. The first-order valence-electron chi connectivity index (χ1n) is 7.06. The molecule has 0 bridgehead atoms. The van der Waals surface area contributed by atoms with Crippen LogP contribution < -0.4 is 0 Å². The second-order valence-corrected chi connectivity index (χ2v) is 5.50. The summed E-state index contributed by atoms with van der Waals surface area (Å²) >= 11 is 0. The van der Waals surface area contributed by atoms with E-state index in [-0.39, 0.29) is 11.6 Å². The van der Waals surface area contributed by atoms with Crippen LogP contribution in [0.15, 0.2) is 29.8 Å². The highest BCUT2D eigenvalue weighted by Gasteiger charge is 2.37. The van der Waals surface area contributed by atoms with E-state index in [2.05, 4.69) is 0 Å². The molecule has 0 radical (unpaired) electrons. The number of hydrogen-bond donors (Lipinski definition) is 0. The zero-order valence-corrected chi connectivity index (χ0v) is 12.5. The van der Waals surface area contributed by atoms with Gasteiger partial charge in [0.15, 0.2) is 0 Å². The van der Waals surface area contributed by atoms with Gasteiger partial charge in [0.25, 0.3) is 0 Å². The minimum atomic E-state index is -4.89. The van der Waals surface area contributed by atoms with E-state index in [0.29, 0.717) is 30.5 Å². The van der Waals surface area contributed by atoms with Gasteiger partial charge in [-0.05, 0) is 49.6 Å². The molecule has 2 nitrogen and oxygen atoms in total. The highest BCUT2D eigenvalue weighted by Crippen LogP contribution is 2.38. The highest BCUT2D eigenvalue weighted by molar-refractivity contribution is 5.35. The molecule has 24 heavy (non-hydrogen) atoms. The van der Waals surface area contributed by atoms with Gasteiger partial charge < -0.3 is 4.74 Å². The first-order chi connectivity index (χ1) is 11.0. The van der Waals surface area contributed by atoms with E-state index in [1.54, 1.807) is 0 Å². The Morgan fingerprint density at radius 3 is 2.04 bits per heavy atom. The minimum Gasteiger partial charge on any atom is -0.366 e. The van der Waals surface area contributed by atoms with Crippen molar-refractivity contribution >= 4 is 0 Å². The third-order valence-electron chi connectivity index (χ3n) is 3.69. The van der Waals surface area contributed by atoms with Crippen LogP contribution in [0, 0.1) is 11.3 Å². The summed E-state index contributed by atoms with van der Waals surface area (Å²) in [5.41, 5.74) is -2.46. The van der Waals surface area contributed by atoms with Gasteiger partial charge in [-0.15, -0.1) is 0 Å². The molecule has 0 aliphatic heterocycles. The van der Waals surface area contributed by atoms with Crippen LogP contribution in [0.3, 0.4) is 0 Å². The van der Waals surface area contributed by atoms with Crippen molar-refractivity contribution in [1.82, 2.24) is 0 Å². The molecular weight excluding hydrogens is 336 g/mol. The van der Waals surface area contributed by atoms with E-state index in [4.69, 9.17) is 10.00 Å². The fourth-order valence-electron chi connectivity index (χ4n) is 2.44. The van der Waals surface area contributed by atoms with Crippen molar-refractivity contribution in [3.8, 4) is 6.07 Å². The average Bonchev–Trinajstić information content (AvgIpc) is 2.92. The summed E-state index contributed by atoms with van der Waals surface area (Å²) < 4.78 is 82.6. The molecule has 1 aromatic carbocycles. The number of nitriles is 1. The molecule has 0 amide bonds. The summed E-state index contributed by atoms with van der Waals surface area (Å²) in [5.74, 6) is 0. The third-order valence-corrected chi connectivity index (χ3v) is 3.69. The lowest BCUT2D eigenvalue weighted by molar-refractivity contribution is -0.143. The SMILES string of the molecule is C[C@@H](OC1C=C(C#N)CC1)c1cc(C(F)(F)F)cc(C(F)(F)F)c1. The molecule has 0 saturated heterocycles. The van der Waals surface area contributed by atoms with Gasteiger partial charge in [0.1, 0.15) is 0 Å². The van der Waals surface area contributed by atoms with Gasteiger partial charge in [0.2, 0.25) is 0 Å². The lowest BCUT2D eigenvalue weighted by Gasteiger charge is -2.20. The zero-order valence-electron chi connectivity index (χ0n) is 12.5. The first-order valence-corrected chi connectivity index (χ1v) is 7.06. The molecule has 0 fully saturated rings. The number of allylic oxidation sites excluding steroid dienone is 1. The van der Waals surface area contributed by atoms with E-state index in [1.165, 1.54) is 13.0 Å². The van der Waals surface area contributed by atoms with Gasteiger partial charge >= 0.3 is 12.4 Å². The fraction of sp³-hybridized carbons (Fsp3) is 0.438. The number of hydrogen-bond acceptors (Lipinski definition) is 2. The van der Waals surface area contributed by atoms with Crippen LogP contribution in [-0.4, -0.2) is 6.10 Å². The molecule has 2 atom stereocenters. The molecule has 1 aromatic rings. The molecule has 8 heteroatoms. The summed E-state index contributed by atoms with van der Waals surface area (Å²) in [7, 11) is 0. The molecule has 2 rings (SSSR count). The minimum absolute atomic E-state index is 0.0828. The molecule has 0 aromatic heterocycles. The van der Waals surface area contributed by atoms with Gasteiger partial charge in [-0.1, -0.05) is 0 Å². The standard InChI is InChI=1S/C16H13F6NO/c1-9(24-14-3-2-10(4-14)8-23)11-5-12(15(17,18)19)7-13(6-11)16(20,21)22/h4-7,9,14H,2-3H2,1H3/t9-,14?/m1/s1. The fourth-order valence-corrected chi connectivity index (χ4v) is 2.44. The Balaban J connectivity index is 2.32. The Kier molecular flexibility index (Phi) is 4.95. The Bertz CT molecular complexity index is 651. The monoisotopic (exact) mass is 349 g/mol. The molecule has 0 saturated carbocycles. The summed E-state index contributed by atoms with van der Waals surface area (Å²) in [6.07, 6.45) is -8.78. The average molecular weight is 349 g/mol. The predicted molar refractivity (Wildman–Crippen MR) is 72.7 cm³/mol. The van der Waals surface area contributed by atoms with Gasteiger partial charge in [-0.2, -0.15) is 31.6 Å². The topological polar surface area (TPSA) is 33.0 Å². The number of benzene rings is 1. The van der Waals surface area contributed by atoms with Crippen LogP contribution in [0.4, 0.5) is 26.3 Å². The quantitative estimate of drug-likeness (QED) is 0.683. The molecule has 1 aliphatic carbocycles. The van der Waals surface area contributed by atoms with Crippen LogP contribution in [0.25, 0.3) is 0 Å². The molecule has 1 unspecified atom stereocenters. The molecule has 0 spiro atoms. The highest BCUT2D eigenvalue weighted by atomic mass is 19.4. The second kappa shape index (κ2) is 6.48. The van der Waals surface area contributed by atoms with Crippen LogP contribution in [0.5, 0.6) is 0 Å². The normalized spacial score (nSPS) is 19.8. The van der Waals surface area contributed by atoms with Gasteiger partial charge in [-0.3, -0.25) is 0 Å².